The fourth-order valence-electron chi connectivity index (χ4n) is 1.93. The Labute approximate surface area is 154 Å². The lowest BCUT2D eigenvalue weighted by Crippen LogP contribution is -2.32. The average molecular weight is 378 g/mol. The summed E-state index contributed by atoms with van der Waals surface area (Å²) in [4.78, 5) is 23.6. The van der Waals surface area contributed by atoms with E-state index in [1.54, 1.807) is 24.3 Å². The summed E-state index contributed by atoms with van der Waals surface area (Å²) in [6, 6.07) is 9.45. The Balaban J connectivity index is 1.98. The van der Waals surface area contributed by atoms with Crippen LogP contribution in [-0.4, -0.2) is 37.4 Å². The van der Waals surface area contributed by atoms with E-state index in [0.717, 1.165) is 0 Å². The van der Waals surface area contributed by atoms with Crippen molar-refractivity contribution in [1.82, 2.24) is 5.43 Å². The van der Waals surface area contributed by atoms with Crippen molar-refractivity contribution in [1.29, 1.82) is 0 Å². The van der Waals surface area contributed by atoms with Crippen LogP contribution in [0, 0.1) is 0 Å². The van der Waals surface area contributed by atoms with E-state index >= 15 is 0 Å². The van der Waals surface area contributed by atoms with Gasteiger partial charge in [0.15, 0.2) is 11.5 Å². The monoisotopic (exact) mass is 377 g/mol. The smallest absolute Gasteiger partial charge is 0.329 e. The minimum absolute atomic E-state index is 0.0629. The van der Waals surface area contributed by atoms with Gasteiger partial charge in [0.1, 0.15) is 5.75 Å². The van der Waals surface area contributed by atoms with Crippen molar-refractivity contribution in [2.24, 2.45) is 5.10 Å². The van der Waals surface area contributed by atoms with E-state index in [1.165, 1.54) is 32.6 Å². The molecule has 0 atom stereocenters. The van der Waals surface area contributed by atoms with E-state index in [-0.39, 0.29) is 16.5 Å². The molecule has 0 fully saturated rings. The van der Waals surface area contributed by atoms with E-state index in [2.05, 4.69) is 15.8 Å². The highest BCUT2D eigenvalue weighted by molar-refractivity contribution is 6.39. The van der Waals surface area contributed by atoms with Gasteiger partial charge >= 0.3 is 11.8 Å². The molecule has 3 N–H and O–H groups in total. The van der Waals surface area contributed by atoms with Gasteiger partial charge in [-0.25, -0.2) is 5.43 Å². The first-order valence-electron chi connectivity index (χ1n) is 7.29. The molecule has 0 aromatic heterocycles. The van der Waals surface area contributed by atoms with Gasteiger partial charge < -0.3 is 19.9 Å². The number of nitrogens with one attached hydrogen (secondary N) is 2. The fraction of sp³-hybridized carbons (Fsp3) is 0.118. The van der Waals surface area contributed by atoms with Gasteiger partial charge in [-0.05, 0) is 29.8 Å². The number of carbonyl (C=O) groups is 2. The molecule has 0 saturated carbocycles. The lowest BCUT2D eigenvalue weighted by atomic mass is 10.2. The Kier molecular flexibility index (Phi) is 6.40. The molecule has 8 nitrogen and oxygen atoms in total. The molecule has 2 aromatic carbocycles. The summed E-state index contributed by atoms with van der Waals surface area (Å²) in [6.45, 7) is 0. The highest BCUT2D eigenvalue weighted by atomic mass is 35.5. The number of hydrogen-bond donors (Lipinski definition) is 3. The summed E-state index contributed by atoms with van der Waals surface area (Å²) in [6.07, 6.45) is 1.25. The Hall–Kier alpha value is -3.26. The van der Waals surface area contributed by atoms with E-state index in [9.17, 15) is 14.7 Å². The summed E-state index contributed by atoms with van der Waals surface area (Å²) < 4.78 is 9.99. The molecule has 0 heterocycles. The number of amides is 2. The third-order valence-electron chi connectivity index (χ3n) is 3.18. The van der Waals surface area contributed by atoms with Crippen LogP contribution in [0.1, 0.15) is 5.56 Å². The minimum atomic E-state index is -0.957. The molecule has 2 rings (SSSR count). The summed E-state index contributed by atoms with van der Waals surface area (Å²) in [7, 11) is 2.87. The second-order valence-corrected chi connectivity index (χ2v) is 5.35. The molecule has 26 heavy (non-hydrogen) atoms. The zero-order valence-corrected chi connectivity index (χ0v) is 14.7. The Morgan fingerprint density at radius 2 is 1.92 bits per heavy atom. The van der Waals surface area contributed by atoms with Crippen LogP contribution in [0.5, 0.6) is 17.2 Å². The molecule has 2 aromatic rings. The van der Waals surface area contributed by atoms with Gasteiger partial charge in [0.25, 0.3) is 0 Å². The number of phenols is 1. The molecule has 0 aliphatic heterocycles. The summed E-state index contributed by atoms with van der Waals surface area (Å²) >= 11 is 5.85. The van der Waals surface area contributed by atoms with Crippen molar-refractivity contribution < 1.29 is 24.2 Å². The molecule has 0 aliphatic rings. The molecule has 0 unspecified atom stereocenters. The molecule has 0 saturated heterocycles. The van der Waals surface area contributed by atoms with Crippen LogP contribution in [0.25, 0.3) is 0 Å². The van der Waals surface area contributed by atoms with Gasteiger partial charge in [0.2, 0.25) is 0 Å². The van der Waals surface area contributed by atoms with Gasteiger partial charge in [0, 0.05) is 11.8 Å². The lowest BCUT2D eigenvalue weighted by Gasteiger charge is -2.06. The maximum Gasteiger partial charge on any atom is 0.329 e. The molecule has 2 amide bonds. The van der Waals surface area contributed by atoms with Gasteiger partial charge in [-0.15, -0.1) is 0 Å². The van der Waals surface area contributed by atoms with Gasteiger partial charge in [-0.3, -0.25) is 9.59 Å². The van der Waals surface area contributed by atoms with E-state index in [1.807, 2.05) is 0 Å². The van der Waals surface area contributed by atoms with Crippen LogP contribution in [0.3, 0.4) is 0 Å². The number of carbonyl (C=O) groups excluding carboxylic acids is 2. The Morgan fingerprint density at radius 1 is 1.15 bits per heavy atom. The molecule has 0 aliphatic carbocycles. The third-order valence-corrected chi connectivity index (χ3v) is 3.47. The Bertz CT molecular complexity index is 854. The van der Waals surface area contributed by atoms with Crippen molar-refractivity contribution in [3.8, 4) is 17.2 Å². The zero-order valence-electron chi connectivity index (χ0n) is 13.9. The first kappa shape index (κ1) is 19.1. The predicted molar refractivity (Wildman–Crippen MR) is 97.0 cm³/mol. The summed E-state index contributed by atoms with van der Waals surface area (Å²) in [5.41, 5.74) is 2.95. The van der Waals surface area contributed by atoms with E-state index in [4.69, 9.17) is 21.1 Å². The summed E-state index contributed by atoms with van der Waals surface area (Å²) in [5.74, 6) is -1.36. The number of hydrazone groups is 1. The minimum Gasteiger partial charge on any atom is -0.503 e. The van der Waals surface area contributed by atoms with E-state index in [0.29, 0.717) is 17.0 Å². The number of phenolic OH excluding ortho intramolecular Hbond substituents is 1. The number of methoxy groups -OCH3 is 2. The molecule has 9 heteroatoms. The number of halogens is 1. The number of nitrogens with zero attached hydrogens (tertiary/aromatic N) is 1. The van der Waals surface area contributed by atoms with Crippen LogP contribution in [-0.2, 0) is 9.59 Å². The average Bonchev–Trinajstić information content (AvgIpc) is 2.64. The first-order chi connectivity index (χ1) is 12.4. The van der Waals surface area contributed by atoms with Gasteiger partial charge in [-0.1, -0.05) is 17.7 Å². The van der Waals surface area contributed by atoms with Crippen molar-refractivity contribution >= 4 is 35.3 Å². The second-order valence-electron chi connectivity index (χ2n) is 4.94. The van der Waals surface area contributed by atoms with Crippen molar-refractivity contribution in [3.63, 3.8) is 0 Å². The molecule has 136 valence electrons. The van der Waals surface area contributed by atoms with Crippen molar-refractivity contribution in [2.45, 2.75) is 0 Å². The first-order valence-corrected chi connectivity index (χ1v) is 7.67. The number of hydrogen-bond acceptors (Lipinski definition) is 6. The molecule has 0 spiro atoms. The Morgan fingerprint density at radius 3 is 2.62 bits per heavy atom. The van der Waals surface area contributed by atoms with Gasteiger partial charge in [0.05, 0.1) is 25.5 Å². The number of ether oxygens (including phenoxy) is 2. The molecule has 0 bridgehead atoms. The number of benzene rings is 2. The van der Waals surface area contributed by atoms with Crippen LogP contribution < -0.4 is 20.2 Å². The summed E-state index contributed by atoms with van der Waals surface area (Å²) in [5, 5.41) is 15.8. The SMILES string of the molecule is COc1cccc(NC(=O)C(=O)N/N=C\c2cc(Cl)c(O)c(OC)c2)c1. The normalized spacial score (nSPS) is 10.4. The maximum absolute atomic E-state index is 11.8. The fourth-order valence-corrected chi connectivity index (χ4v) is 2.15. The standard InChI is InChI=1S/C17H16ClN3O5/c1-25-12-5-3-4-11(8-12)20-16(23)17(24)21-19-9-10-6-13(18)15(22)14(7-10)26-2/h3-9,22H,1-2H3,(H,20,23)(H,21,24)/b19-9-. The molecule has 0 radical (unpaired) electrons. The quantitative estimate of drug-likeness (QED) is 0.420. The zero-order chi connectivity index (χ0) is 19.1. The second kappa shape index (κ2) is 8.72. The van der Waals surface area contributed by atoms with Crippen molar-refractivity contribution in [3.05, 3.63) is 47.0 Å². The van der Waals surface area contributed by atoms with Crippen LogP contribution >= 0.6 is 11.6 Å². The molecular weight excluding hydrogens is 362 g/mol. The van der Waals surface area contributed by atoms with Gasteiger partial charge in [-0.2, -0.15) is 5.10 Å². The highest BCUT2D eigenvalue weighted by Crippen LogP contribution is 2.34. The number of anilines is 1. The van der Waals surface area contributed by atoms with E-state index < -0.39 is 11.8 Å². The van der Waals surface area contributed by atoms with Crippen LogP contribution in [0.2, 0.25) is 5.02 Å². The third kappa shape index (κ3) is 4.87. The number of aromatic hydroxyl groups is 1. The van der Waals surface area contributed by atoms with Crippen molar-refractivity contribution in [2.75, 3.05) is 19.5 Å². The largest absolute Gasteiger partial charge is 0.503 e. The maximum atomic E-state index is 11.8. The predicted octanol–water partition coefficient (Wildman–Crippen LogP) is 2.15. The number of rotatable bonds is 5. The van der Waals surface area contributed by atoms with Crippen LogP contribution in [0.15, 0.2) is 41.5 Å². The molecular formula is C17H16ClN3O5. The topological polar surface area (TPSA) is 109 Å². The van der Waals surface area contributed by atoms with Crippen LogP contribution in [0.4, 0.5) is 5.69 Å². The highest BCUT2D eigenvalue weighted by Gasteiger charge is 2.13. The lowest BCUT2D eigenvalue weighted by molar-refractivity contribution is -0.136.